The summed E-state index contributed by atoms with van der Waals surface area (Å²) in [7, 11) is 1.95. The van der Waals surface area contributed by atoms with Crippen LogP contribution < -0.4 is 5.32 Å². The van der Waals surface area contributed by atoms with Gasteiger partial charge in [0.2, 0.25) is 0 Å². The summed E-state index contributed by atoms with van der Waals surface area (Å²) in [6.07, 6.45) is 0.270. The standard InChI is InChI=1S/C13H18Cl2N2O/c1-16-7-11-9-17(4-5-18-11)8-10-2-3-12(14)13(15)6-10/h2-3,6,11,16H,4-5,7-9H2,1H3. The lowest BCUT2D eigenvalue weighted by molar-refractivity contribution is -0.0291. The van der Waals surface area contributed by atoms with Crippen molar-refractivity contribution in [1.82, 2.24) is 10.2 Å². The van der Waals surface area contributed by atoms with E-state index in [0.29, 0.717) is 10.0 Å². The molecule has 1 aliphatic heterocycles. The number of ether oxygens (including phenoxy) is 1. The number of benzene rings is 1. The second kappa shape index (κ2) is 6.73. The summed E-state index contributed by atoms with van der Waals surface area (Å²) in [4.78, 5) is 2.38. The zero-order chi connectivity index (χ0) is 13.0. The van der Waals surface area contributed by atoms with Crippen LogP contribution in [-0.4, -0.2) is 44.3 Å². The predicted molar refractivity (Wildman–Crippen MR) is 75.4 cm³/mol. The second-order valence-electron chi connectivity index (χ2n) is 4.53. The molecule has 0 aromatic heterocycles. The Morgan fingerprint density at radius 2 is 2.22 bits per heavy atom. The molecule has 2 rings (SSSR count). The molecule has 18 heavy (non-hydrogen) atoms. The van der Waals surface area contributed by atoms with Gasteiger partial charge in [0.25, 0.3) is 0 Å². The van der Waals surface area contributed by atoms with Gasteiger partial charge < -0.3 is 10.1 Å². The summed E-state index contributed by atoms with van der Waals surface area (Å²) >= 11 is 11.9. The summed E-state index contributed by atoms with van der Waals surface area (Å²) in [5.74, 6) is 0. The van der Waals surface area contributed by atoms with Gasteiger partial charge in [-0.2, -0.15) is 0 Å². The van der Waals surface area contributed by atoms with E-state index >= 15 is 0 Å². The van der Waals surface area contributed by atoms with Gasteiger partial charge in [-0.05, 0) is 24.7 Å². The maximum absolute atomic E-state index is 6.02. The van der Waals surface area contributed by atoms with Crippen molar-refractivity contribution in [3.63, 3.8) is 0 Å². The zero-order valence-corrected chi connectivity index (χ0v) is 12.0. The molecule has 0 spiro atoms. The number of nitrogens with one attached hydrogen (secondary N) is 1. The van der Waals surface area contributed by atoms with Gasteiger partial charge >= 0.3 is 0 Å². The van der Waals surface area contributed by atoms with Gasteiger partial charge in [-0.25, -0.2) is 0 Å². The molecular weight excluding hydrogens is 271 g/mol. The van der Waals surface area contributed by atoms with Crippen LogP contribution >= 0.6 is 23.2 Å². The van der Waals surface area contributed by atoms with E-state index < -0.39 is 0 Å². The molecule has 0 aliphatic carbocycles. The minimum atomic E-state index is 0.270. The van der Waals surface area contributed by atoms with Gasteiger partial charge in [0, 0.05) is 26.2 Å². The quantitative estimate of drug-likeness (QED) is 0.921. The number of hydrogen-bond acceptors (Lipinski definition) is 3. The molecule has 1 aromatic carbocycles. The first kappa shape index (κ1) is 14.1. The third-order valence-corrected chi connectivity index (χ3v) is 3.78. The van der Waals surface area contributed by atoms with E-state index in [9.17, 15) is 0 Å². The third-order valence-electron chi connectivity index (χ3n) is 3.04. The fourth-order valence-corrected chi connectivity index (χ4v) is 2.49. The van der Waals surface area contributed by atoms with Gasteiger partial charge in [0.05, 0.1) is 22.8 Å². The van der Waals surface area contributed by atoms with Crippen LogP contribution in [0.5, 0.6) is 0 Å². The fraction of sp³-hybridized carbons (Fsp3) is 0.538. The minimum absolute atomic E-state index is 0.270. The molecule has 1 atom stereocenters. The van der Waals surface area contributed by atoms with Crippen LogP contribution in [0.3, 0.4) is 0 Å². The molecule has 100 valence electrons. The number of rotatable bonds is 4. The van der Waals surface area contributed by atoms with Gasteiger partial charge in [0.1, 0.15) is 0 Å². The van der Waals surface area contributed by atoms with E-state index in [4.69, 9.17) is 27.9 Å². The smallest absolute Gasteiger partial charge is 0.0826 e. The summed E-state index contributed by atoms with van der Waals surface area (Å²) in [6, 6.07) is 5.81. The molecular formula is C13H18Cl2N2O. The SMILES string of the molecule is CNCC1CN(Cc2ccc(Cl)c(Cl)c2)CCO1. The number of halogens is 2. The molecule has 0 bridgehead atoms. The lowest BCUT2D eigenvalue weighted by Crippen LogP contribution is -2.45. The van der Waals surface area contributed by atoms with Crippen molar-refractivity contribution in [2.24, 2.45) is 0 Å². The van der Waals surface area contributed by atoms with Crippen LogP contribution in [0.2, 0.25) is 10.0 Å². The van der Waals surface area contributed by atoms with Gasteiger partial charge in [-0.3, -0.25) is 4.90 Å². The maximum Gasteiger partial charge on any atom is 0.0826 e. The van der Waals surface area contributed by atoms with Gasteiger partial charge in [0.15, 0.2) is 0 Å². The highest BCUT2D eigenvalue weighted by atomic mass is 35.5. The maximum atomic E-state index is 6.02. The van der Waals surface area contributed by atoms with Crippen LogP contribution in [0, 0.1) is 0 Å². The normalized spacial score (nSPS) is 21.2. The minimum Gasteiger partial charge on any atom is -0.374 e. The first-order valence-electron chi connectivity index (χ1n) is 6.11. The lowest BCUT2D eigenvalue weighted by Gasteiger charge is -2.32. The molecule has 1 aliphatic rings. The Hall–Kier alpha value is -0.320. The fourth-order valence-electron chi connectivity index (χ4n) is 2.17. The summed E-state index contributed by atoms with van der Waals surface area (Å²) < 4.78 is 5.68. The molecule has 1 N–H and O–H groups in total. The molecule has 1 fully saturated rings. The van der Waals surface area contributed by atoms with E-state index in [1.165, 1.54) is 5.56 Å². The lowest BCUT2D eigenvalue weighted by atomic mass is 10.2. The Morgan fingerprint density at radius 1 is 1.39 bits per heavy atom. The number of morpholine rings is 1. The van der Waals surface area contributed by atoms with Crippen molar-refractivity contribution in [2.45, 2.75) is 12.6 Å². The van der Waals surface area contributed by atoms with Crippen molar-refractivity contribution >= 4 is 23.2 Å². The first-order valence-corrected chi connectivity index (χ1v) is 6.87. The Morgan fingerprint density at radius 3 is 2.94 bits per heavy atom. The van der Waals surface area contributed by atoms with E-state index in [1.54, 1.807) is 0 Å². The number of likely N-dealkylation sites (N-methyl/N-ethyl adjacent to an activating group) is 1. The average Bonchev–Trinajstić information content (AvgIpc) is 2.35. The highest BCUT2D eigenvalue weighted by Gasteiger charge is 2.19. The van der Waals surface area contributed by atoms with Crippen molar-refractivity contribution in [3.8, 4) is 0 Å². The van der Waals surface area contributed by atoms with E-state index in [2.05, 4.69) is 10.2 Å². The summed E-state index contributed by atoms with van der Waals surface area (Å²) in [6.45, 7) is 4.47. The molecule has 1 heterocycles. The number of nitrogens with zero attached hydrogens (tertiary/aromatic N) is 1. The van der Waals surface area contributed by atoms with Crippen molar-refractivity contribution in [1.29, 1.82) is 0 Å². The van der Waals surface area contributed by atoms with Crippen molar-refractivity contribution in [2.75, 3.05) is 33.3 Å². The Balaban J connectivity index is 1.93. The molecule has 0 radical (unpaired) electrons. The van der Waals surface area contributed by atoms with Crippen LogP contribution in [0.15, 0.2) is 18.2 Å². The van der Waals surface area contributed by atoms with E-state index in [0.717, 1.165) is 32.8 Å². The molecule has 3 nitrogen and oxygen atoms in total. The highest BCUT2D eigenvalue weighted by Crippen LogP contribution is 2.23. The molecule has 5 heteroatoms. The molecule has 1 aromatic rings. The summed E-state index contributed by atoms with van der Waals surface area (Å²) in [5, 5.41) is 4.37. The average molecular weight is 289 g/mol. The second-order valence-corrected chi connectivity index (χ2v) is 5.35. The van der Waals surface area contributed by atoms with Gasteiger partial charge in [-0.15, -0.1) is 0 Å². The van der Waals surface area contributed by atoms with Crippen LogP contribution in [0.25, 0.3) is 0 Å². The largest absolute Gasteiger partial charge is 0.374 e. The number of hydrogen-bond donors (Lipinski definition) is 1. The van der Waals surface area contributed by atoms with E-state index in [1.807, 2.05) is 25.2 Å². The topological polar surface area (TPSA) is 24.5 Å². The van der Waals surface area contributed by atoms with Crippen molar-refractivity contribution in [3.05, 3.63) is 33.8 Å². The van der Waals surface area contributed by atoms with Crippen LogP contribution in [0.4, 0.5) is 0 Å². The molecule has 0 amide bonds. The van der Waals surface area contributed by atoms with Gasteiger partial charge in [-0.1, -0.05) is 29.3 Å². The molecule has 1 saturated heterocycles. The summed E-state index contributed by atoms with van der Waals surface area (Å²) in [5.41, 5.74) is 1.19. The predicted octanol–water partition coefficient (Wildman–Crippen LogP) is 2.41. The zero-order valence-electron chi connectivity index (χ0n) is 10.5. The Kier molecular flexibility index (Phi) is 5.27. The first-order chi connectivity index (χ1) is 8.69. The van der Waals surface area contributed by atoms with Crippen LogP contribution in [-0.2, 0) is 11.3 Å². The highest BCUT2D eigenvalue weighted by molar-refractivity contribution is 6.42. The molecule has 0 saturated carbocycles. The third kappa shape index (κ3) is 3.84. The van der Waals surface area contributed by atoms with E-state index in [-0.39, 0.29) is 6.10 Å². The molecule has 1 unspecified atom stereocenters. The monoisotopic (exact) mass is 288 g/mol. The Bertz CT molecular complexity index is 399. The van der Waals surface area contributed by atoms with Crippen molar-refractivity contribution < 1.29 is 4.74 Å². The Labute approximate surface area is 118 Å². The van der Waals surface area contributed by atoms with Crippen LogP contribution in [0.1, 0.15) is 5.56 Å².